The maximum atomic E-state index is 12.1. The van der Waals surface area contributed by atoms with Crippen molar-refractivity contribution in [3.63, 3.8) is 0 Å². The number of rotatable bonds is 0. The first-order chi connectivity index (χ1) is 8.15. The van der Waals surface area contributed by atoms with Crippen LogP contribution in [0.25, 0.3) is 0 Å². The van der Waals surface area contributed by atoms with Gasteiger partial charge in [0, 0.05) is 12.2 Å². The molecular weight excluding hydrogens is 218 g/mol. The fourth-order valence-electron chi connectivity index (χ4n) is 2.49. The van der Waals surface area contributed by atoms with E-state index in [4.69, 9.17) is 4.74 Å². The molecule has 1 amide bonds. The van der Waals surface area contributed by atoms with Crippen molar-refractivity contribution in [3.8, 4) is 5.75 Å². The number of fused-ring (bicyclic) bond motifs is 3. The van der Waals surface area contributed by atoms with Gasteiger partial charge in [-0.25, -0.2) is 0 Å². The SMILES string of the molecule is Cc1cc2c(cn1)OCC1CN(C)CC(=O)N21. The fourth-order valence-corrected chi connectivity index (χ4v) is 2.49. The van der Waals surface area contributed by atoms with Crippen LogP contribution >= 0.6 is 0 Å². The number of piperazine rings is 1. The molecule has 5 nitrogen and oxygen atoms in total. The van der Waals surface area contributed by atoms with Gasteiger partial charge in [-0.15, -0.1) is 0 Å². The molecule has 0 bridgehead atoms. The molecule has 1 unspecified atom stereocenters. The Balaban J connectivity index is 2.04. The third kappa shape index (κ3) is 1.67. The smallest absolute Gasteiger partial charge is 0.241 e. The van der Waals surface area contributed by atoms with Crippen LogP contribution in [-0.2, 0) is 4.79 Å². The van der Waals surface area contributed by atoms with Crippen LogP contribution in [0.1, 0.15) is 5.69 Å². The van der Waals surface area contributed by atoms with Gasteiger partial charge in [-0.05, 0) is 20.0 Å². The van der Waals surface area contributed by atoms with Gasteiger partial charge in [0.1, 0.15) is 6.61 Å². The van der Waals surface area contributed by atoms with Crippen LogP contribution in [0.15, 0.2) is 12.3 Å². The number of carbonyl (C=O) groups is 1. The van der Waals surface area contributed by atoms with Crippen molar-refractivity contribution in [1.82, 2.24) is 9.88 Å². The summed E-state index contributed by atoms with van der Waals surface area (Å²) in [5.74, 6) is 0.851. The first kappa shape index (κ1) is 10.5. The topological polar surface area (TPSA) is 45.7 Å². The zero-order valence-corrected chi connectivity index (χ0v) is 10.0. The summed E-state index contributed by atoms with van der Waals surface area (Å²) in [6.45, 7) is 3.79. The number of anilines is 1. The summed E-state index contributed by atoms with van der Waals surface area (Å²) in [6.07, 6.45) is 1.70. The van der Waals surface area contributed by atoms with Crippen LogP contribution in [0.4, 0.5) is 5.69 Å². The lowest BCUT2D eigenvalue weighted by Crippen LogP contribution is -2.59. The van der Waals surface area contributed by atoms with Gasteiger partial charge in [0.2, 0.25) is 5.91 Å². The number of hydrogen-bond donors (Lipinski definition) is 0. The molecule has 0 aromatic carbocycles. The van der Waals surface area contributed by atoms with Crippen LogP contribution in [0.3, 0.4) is 0 Å². The highest BCUT2D eigenvalue weighted by atomic mass is 16.5. The largest absolute Gasteiger partial charge is 0.488 e. The first-order valence-corrected chi connectivity index (χ1v) is 5.75. The van der Waals surface area contributed by atoms with Gasteiger partial charge < -0.3 is 4.74 Å². The fraction of sp³-hybridized carbons (Fsp3) is 0.500. The van der Waals surface area contributed by atoms with E-state index in [1.165, 1.54) is 0 Å². The van der Waals surface area contributed by atoms with Crippen LogP contribution < -0.4 is 9.64 Å². The molecule has 0 radical (unpaired) electrons. The molecule has 1 saturated heterocycles. The molecule has 0 saturated carbocycles. The Morgan fingerprint density at radius 3 is 3.18 bits per heavy atom. The molecule has 1 aromatic rings. The van der Waals surface area contributed by atoms with Crippen LogP contribution in [0.5, 0.6) is 5.75 Å². The molecule has 1 atom stereocenters. The third-order valence-corrected chi connectivity index (χ3v) is 3.24. The molecule has 1 fully saturated rings. The Bertz CT molecular complexity index is 475. The average molecular weight is 233 g/mol. The highest BCUT2D eigenvalue weighted by Gasteiger charge is 2.37. The summed E-state index contributed by atoms with van der Waals surface area (Å²) in [6, 6.07) is 2.04. The summed E-state index contributed by atoms with van der Waals surface area (Å²) >= 11 is 0. The first-order valence-electron chi connectivity index (χ1n) is 5.75. The van der Waals surface area contributed by atoms with E-state index in [0.29, 0.717) is 18.9 Å². The second-order valence-corrected chi connectivity index (χ2v) is 4.72. The lowest BCUT2D eigenvalue weighted by atomic mass is 10.1. The second kappa shape index (κ2) is 3.70. The van der Waals surface area contributed by atoms with Crippen molar-refractivity contribution in [2.75, 3.05) is 31.6 Å². The Morgan fingerprint density at radius 2 is 2.35 bits per heavy atom. The quantitative estimate of drug-likeness (QED) is 0.652. The van der Waals surface area contributed by atoms with E-state index in [0.717, 1.165) is 17.9 Å². The number of hydrogen-bond acceptors (Lipinski definition) is 4. The molecule has 90 valence electrons. The van der Waals surface area contributed by atoms with Gasteiger partial charge in [-0.1, -0.05) is 0 Å². The maximum absolute atomic E-state index is 12.1. The number of aryl methyl sites for hydroxylation is 1. The molecule has 3 heterocycles. The number of ether oxygens (including phenoxy) is 1. The standard InChI is InChI=1S/C12H15N3O2/c1-8-3-10-11(4-13-8)17-7-9-5-14(2)6-12(16)15(9)10/h3-4,9H,5-7H2,1-2H3. The summed E-state index contributed by atoms with van der Waals surface area (Å²) in [5, 5.41) is 0. The maximum Gasteiger partial charge on any atom is 0.241 e. The minimum absolute atomic E-state index is 0.121. The number of pyridine rings is 1. The predicted octanol–water partition coefficient (Wildman–Crippen LogP) is 0.429. The number of carbonyl (C=O) groups excluding carboxylic acids is 1. The van der Waals surface area contributed by atoms with Gasteiger partial charge in [-0.3, -0.25) is 19.6 Å². The monoisotopic (exact) mass is 233 g/mol. The van der Waals surface area contributed by atoms with Crippen molar-refractivity contribution < 1.29 is 9.53 Å². The van der Waals surface area contributed by atoms with E-state index in [9.17, 15) is 4.79 Å². The molecule has 0 aliphatic carbocycles. The Kier molecular flexibility index (Phi) is 2.29. The molecule has 3 rings (SSSR count). The average Bonchev–Trinajstić information content (AvgIpc) is 2.27. The Labute approximate surface area is 100.0 Å². The van der Waals surface area contributed by atoms with E-state index < -0.39 is 0 Å². The zero-order valence-electron chi connectivity index (χ0n) is 10.0. The highest BCUT2D eigenvalue weighted by Crippen LogP contribution is 2.35. The molecule has 5 heteroatoms. The van der Waals surface area contributed by atoms with E-state index >= 15 is 0 Å². The molecule has 2 aliphatic heterocycles. The second-order valence-electron chi connectivity index (χ2n) is 4.72. The molecular formula is C12H15N3O2. The summed E-state index contributed by atoms with van der Waals surface area (Å²) in [4.78, 5) is 20.2. The van der Waals surface area contributed by atoms with Gasteiger partial charge in [-0.2, -0.15) is 0 Å². The zero-order chi connectivity index (χ0) is 12.0. The van der Waals surface area contributed by atoms with Gasteiger partial charge in [0.25, 0.3) is 0 Å². The summed E-state index contributed by atoms with van der Waals surface area (Å²) in [5.41, 5.74) is 1.77. The third-order valence-electron chi connectivity index (χ3n) is 3.24. The van der Waals surface area contributed by atoms with Crippen molar-refractivity contribution in [3.05, 3.63) is 18.0 Å². The Morgan fingerprint density at radius 1 is 1.53 bits per heavy atom. The molecule has 2 aliphatic rings. The van der Waals surface area contributed by atoms with E-state index in [2.05, 4.69) is 4.98 Å². The lowest BCUT2D eigenvalue weighted by molar-refractivity contribution is -0.122. The Hall–Kier alpha value is -1.62. The van der Waals surface area contributed by atoms with E-state index in [1.54, 1.807) is 6.20 Å². The van der Waals surface area contributed by atoms with E-state index in [-0.39, 0.29) is 11.9 Å². The van der Waals surface area contributed by atoms with Gasteiger partial charge in [0.05, 0.1) is 24.5 Å². The summed E-state index contributed by atoms with van der Waals surface area (Å²) in [7, 11) is 1.96. The molecule has 0 spiro atoms. The van der Waals surface area contributed by atoms with Gasteiger partial charge >= 0.3 is 0 Å². The molecule has 17 heavy (non-hydrogen) atoms. The van der Waals surface area contributed by atoms with Crippen LogP contribution in [-0.4, -0.2) is 48.6 Å². The van der Waals surface area contributed by atoms with Crippen molar-refractivity contribution in [2.24, 2.45) is 0 Å². The normalized spacial score (nSPS) is 24.0. The van der Waals surface area contributed by atoms with Crippen LogP contribution in [0, 0.1) is 6.92 Å². The predicted molar refractivity (Wildman–Crippen MR) is 63.2 cm³/mol. The molecule has 1 aromatic heterocycles. The lowest BCUT2D eigenvalue weighted by Gasteiger charge is -2.42. The van der Waals surface area contributed by atoms with E-state index in [1.807, 2.05) is 29.8 Å². The number of amides is 1. The van der Waals surface area contributed by atoms with Gasteiger partial charge in [0.15, 0.2) is 5.75 Å². The molecule has 0 N–H and O–H groups in total. The number of nitrogens with zero attached hydrogens (tertiary/aromatic N) is 3. The minimum Gasteiger partial charge on any atom is -0.488 e. The minimum atomic E-state index is 0.121. The van der Waals surface area contributed by atoms with Crippen molar-refractivity contribution >= 4 is 11.6 Å². The number of likely N-dealkylation sites (N-methyl/N-ethyl adjacent to an activating group) is 1. The highest BCUT2D eigenvalue weighted by molar-refractivity contribution is 5.98. The number of aromatic nitrogens is 1. The van der Waals surface area contributed by atoms with Crippen molar-refractivity contribution in [1.29, 1.82) is 0 Å². The summed E-state index contributed by atoms with van der Waals surface area (Å²) < 4.78 is 5.66. The van der Waals surface area contributed by atoms with Crippen molar-refractivity contribution in [2.45, 2.75) is 13.0 Å². The van der Waals surface area contributed by atoms with Crippen LogP contribution in [0.2, 0.25) is 0 Å².